The maximum absolute atomic E-state index is 12.4. The van der Waals surface area contributed by atoms with Gasteiger partial charge in [-0.2, -0.15) is 0 Å². The molecule has 3 heterocycles. The highest BCUT2D eigenvalue weighted by molar-refractivity contribution is 5.93. The van der Waals surface area contributed by atoms with Gasteiger partial charge in [0.2, 0.25) is 0 Å². The highest BCUT2D eigenvalue weighted by Crippen LogP contribution is 2.21. The van der Waals surface area contributed by atoms with E-state index in [1.807, 2.05) is 4.90 Å². The van der Waals surface area contributed by atoms with Crippen LogP contribution in [0.3, 0.4) is 0 Å². The first-order chi connectivity index (χ1) is 9.25. The first-order valence-electron chi connectivity index (χ1n) is 6.96. The molecule has 1 unspecified atom stereocenters. The lowest BCUT2D eigenvalue weighted by molar-refractivity contribution is 0.0742. The molecule has 0 saturated carbocycles. The molecule has 1 aromatic heterocycles. The standard InChI is InChI=1S/C14H19N3O2/c18-13-4-5-15-9-12(13)14(19)17-8-2-7-16-6-1-3-11(16)10-17/h4-5,9,11H,1-3,6-8,10H2,(H,15,18). The summed E-state index contributed by atoms with van der Waals surface area (Å²) in [5, 5.41) is 0. The molecule has 0 aliphatic carbocycles. The molecule has 1 atom stereocenters. The summed E-state index contributed by atoms with van der Waals surface area (Å²) < 4.78 is 0. The predicted molar refractivity (Wildman–Crippen MR) is 72.2 cm³/mol. The Balaban J connectivity index is 1.80. The summed E-state index contributed by atoms with van der Waals surface area (Å²) in [7, 11) is 0. The van der Waals surface area contributed by atoms with Crippen molar-refractivity contribution in [2.24, 2.45) is 0 Å². The molecular formula is C14H19N3O2. The number of nitrogens with zero attached hydrogens (tertiary/aromatic N) is 2. The van der Waals surface area contributed by atoms with Gasteiger partial charge in [0.15, 0.2) is 5.43 Å². The van der Waals surface area contributed by atoms with E-state index in [4.69, 9.17) is 0 Å². The first-order valence-corrected chi connectivity index (χ1v) is 6.96. The van der Waals surface area contributed by atoms with Crippen molar-refractivity contribution >= 4 is 5.91 Å². The summed E-state index contributed by atoms with van der Waals surface area (Å²) in [6, 6.07) is 1.89. The summed E-state index contributed by atoms with van der Waals surface area (Å²) in [5.74, 6) is -0.129. The number of hydrogen-bond acceptors (Lipinski definition) is 3. The Hall–Kier alpha value is -1.62. The Morgan fingerprint density at radius 1 is 1.26 bits per heavy atom. The molecule has 0 aromatic carbocycles. The number of hydrogen-bond donors (Lipinski definition) is 1. The molecule has 3 rings (SSSR count). The maximum atomic E-state index is 12.4. The normalized spacial score (nSPS) is 24.0. The summed E-state index contributed by atoms with van der Waals surface area (Å²) >= 11 is 0. The van der Waals surface area contributed by atoms with E-state index in [9.17, 15) is 9.59 Å². The van der Waals surface area contributed by atoms with Crippen LogP contribution >= 0.6 is 0 Å². The molecule has 0 spiro atoms. The molecule has 2 aliphatic rings. The van der Waals surface area contributed by atoms with Crippen LogP contribution < -0.4 is 5.43 Å². The van der Waals surface area contributed by atoms with Gasteiger partial charge in [-0.05, 0) is 25.8 Å². The lowest BCUT2D eigenvalue weighted by atomic mass is 10.2. The Labute approximate surface area is 112 Å². The number of aromatic nitrogens is 1. The largest absolute Gasteiger partial charge is 0.367 e. The van der Waals surface area contributed by atoms with Gasteiger partial charge in [0.1, 0.15) is 5.56 Å². The van der Waals surface area contributed by atoms with Crippen LogP contribution in [-0.4, -0.2) is 52.9 Å². The second-order valence-corrected chi connectivity index (χ2v) is 5.36. The third kappa shape index (κ3) is 2.42. The van der Waals surface area contributed by atoms with Crippen molar-refractivity contribution in [3.8, 4) is 0 Å². The van der Waals surface area contributed by atoms with Gasteiger partial charge in [-0.15, -0.1) is 0 Å². The van der Waals surface area contributed by atoms with Crippen molar-refractivity contribution in [3.63, 3.8) is 0 Å². The molecule has 0 bridgehead atoms. The molecule has 0 radical (unpaired) electrons. The third-order valence-electron chi connectivity index (χ3n) is 4.15. The molecule has 1 amide bonds. The second kappa shape index (κ2) is 5.17. The van der Waals surface area contributed by atoms with Crippen LogP contribution in [-0.2, 0) is 0 Å². The van der Waals surface area contributed by atoms with Gasteiger partial charge in [0.25, 0.3) is 5.91 Å². The van der Waals surface area contributed by atoms with Crippen molar-refractivity contribution in [3.05, 3.63) is 34.2 Å². The van der Waals surface area contributed by atoms with E-state index in [-0.39, 0.29) is 16.9 Å². The molecule has 2 aliphatic heterocycles. The van der Waals surface area contributed by atoms with E-state index in [2.05, 4.69) is 9.88 Å². The molecule has 2 fully saturated rings. The lowest BCUT2D eigenvalue weighted by Gasteiger charge is -2.25. The van der Waals surface area contributed by atoms with Crippen LogP contribution in [0.1, 0.15) is 29.6 Å². The van der Waals surface area contributed by atoms with Gasteiger partial charge in [-0.25, -0.2) is 0 Å². The topological polar surface area (TPSA) is 56.4 Å². The van der Waals surface area contributed by atoms with Crippen molar-refractivity contribution < 1.29 is 4.79 Å². The SMILES string of the molecule is O=C(c1c[nH]ccc1=O)N1CCCN2CCCC2C1. The minimum Gasteiger partial charge on any atom is -0.367 e. The summed E-state index contributed by atoms with van der Waals surface area (Å²) in [6.45, 7) is 3.73. The molecular weight excluding hydrogens is 242 g/mol. The van der Waals surface area contributed by atoms with E-state index in [1.54, 1.807) is 6.20 Å². The molecule has 102 valence electrons. The molecule has 19 heavy (non-hydrogen) atoms. The summed E-state index contributed by atoms with van der Waals surface area (Å²) in [4.78, 5) is 31.3. The quantitative estimate of drug-likeness (QED) is 0.809. The Morgan fingerprint density at radius 3 is 2.95 bits per heavy atom. The first kappa shape index (κ1) is 12.4. The summed E-state index contributed by atoms with van der Waals surface area (Å²) in [6.07, 6.45) is 6.45. The molecule has 1 N–H and O–H groups in total. The van der Waals surface area contributed by atoms with Crippen LogP contribution in [0.4, 0.5) is 0 Å². The summed E-state index contributed by atoms with van der Waals surface area (Å²) in [5.41, 5.74) is 0.0604. The van der Waals surface area contributed by atoms with Crippen molar-refractivity contribution in [2.45, 2.75) is 25.3 Å². The number of carbonyl (C=O) groups excluding carboxylic acids is 1. The number of amides is 1. The zero-order chi connectivity index (χ0) is 13.2. The number of carbonyl (C=O) groups is 1. The number of fused-ring (bicyclic) bond motifs is 1. The van der Waals surface area contributed by atoms with E-state index < -0.39 is 0 Å². The van der Waals surface area contributed by atoms with Gasteiger partial charge >= 0.3 is 0 Å². The van der Waals surface area contributed by atoms with E-state index >= 15 is 0 Å². The average molecular weight is 261 g/mol. The van der Waals surface area contributed by atoms with E-state index in [1.165, 1.54) is 18.7 Å². The minimum atomic E-state index is -0.198. The monoisotopic (exact) mass is 261 g/mol. The molecule has 2 saturated heterocycles. The minimum absolute atomic E-state index is 0.129. The van der Waals surface area contributed by atoms with Gasteiger partial charge in [-0.3, -0.25) is 14.5 Å². The van der Waals surface area contributed by atoms with Crippen LogP contribution in [0, 0.1) is 0 Å². The van der Waals surface area contributed by atoms with Crippen molar-refractivity contribution in [2.75, 3.05) is 26.2 Å². The molecule has 5 heteroatoms. The van der Waals surface area contributed by atoms with Gasteiger partial charge in [0, 0.05) is 44.1 Å². The van der Waals surface area contributed by atoms with Crippen LogP contribution in [0.5, 0.6) is 0 Å². The number of aromatic amines is 1. The van der Waals surface area contributed by atoms with E-state index in [0.717, 1.165) is 39.0 Å². The van der Waals surface area contributed by atoms with Crippen LogP contribution in [0.15, 0.2) is 23.3 Å². The van der Waals surface area contributed by atoms with Crippen LogP contribution in [0.25, 0.3) is 0 Å². The third-order valence-corrected chi connectivity index (χ3v) is 4.15. The maximum Gasteiger partial charge on any atom is 0.259 e. The highest BCUT2D eigenvalue weighted by atomic mass is 16.2. The second-order valence-electron chi connectivity index (χ2n) is 5.36. The number of pyridine rings is 1. The molecule has 1 aromatic rings. The Bertz CT molecular complexity index is 525. The number of H-pyrrole nitrogens is 1. The van der Waals surface area contributed by atoms with Crippen molar-refractivity contribution in [1.82, 2.24) is 14.8 Å². The number of rotatable bonds is 1. The molecule has 5 nitrogen and oxygen atoms in total. The van der Waals surface area contributed by atoms with Crippen LogP contribution in [0.2, 0.25) is 0 Å². The predicted octanol–water partition coefficient (Wildman–Crippen LogP) is 0.685. The fourth-order valence-corrected chi connectivity index (χ4v) is 3.14. The van der Waals surface area contributed by atoms with E-state index in [0.29, 0.717) is 6.04 Å². The van der Waals surface area contributed by atoms with Gasteiger partial charge in [-0.1, -0.05) is 0 Å². The van der Waals surface area contributed by atoms with Gasteiger partial charge < -0.3 is 9.88 Å². The fraction of sp³-hybridized carbons (Fsp3) is 0.571. The average Bonchev–Trinajstić information content (AvgIpc) is 2.76. The highest BCUT2D eigenvalue weighted by Gasteiger charge is 2.31. The zero-order valence-corrected chi connectivity index (χ0v) is 11.0. The fourth-order valence-electron chi connectivity index (χ4n) is 3.14. The Morgan fingerprint density at radius 2 is 2.11 bits per heavy atom. The lowest BCUT2D eigenvalue weighted by Crippen LogP contribution is -2.41. The number of nitrogens with one attached hydrogen (secondary N) is 1. The Kier molecular flexibility index (Phi) is 3.38. The van der Waals surface area contributed by atoms with Crippen molar-refractivity contribution in [1.29, 1.82) is 0 Å². The zero-order valence-electron chi connectivity index (χ0n) is 11.0. The smallest absolute Gasteiger partial charge is 0.259 e. The van der Waals surface area contributed by atoms with Gasteiger partial charge in [0.05, 0.1) is 0 Å².